The Morgan fingerprint density at radius 3 is 2.06 bits per heavy atom. The largest absolute Gasteiger partial charge is 0.490 e. The van der Waals surface area contributed by atoms with E-state index in [-0.39, 0.29) is 12.2 Å². The smallest absolute Gasteiger partial charge is 0.336 e. The number of unbranched alkanes of at least 4 members (excludes halogenated alkanes) is 4. The van der Waals surface area contributed by atoms with E-state index in [4.69, 9.17) is 14.2 Å². The molecular weight excluding hydrogens is 440 g/mol. The molecule has 35 heavy (non-hydrogen) atoms. The molecule has 0 aliphatic heterocycles. The van der Waals surface area contributed by atoms with Crippen LogP contribution in [0.5, 0.6) is 17.2 Å². The third-order valence-electron chi connectivity index (χ3n) is 5.73. The van der Waals surface area contributed by atoms with Crippen LogP contribution in [0.15, 0.2) is 66.7 Å². The summed E-state index contributed by atoms with van der Waals surface area (Å²) in [5.41, 5.74) is 2.52. The second kappa shape index (κ2) is 14.1. The van der Waals surface area contributed by atoms with E-state index < -0.39 is 5.97 Å². The summed E-state index contributed by atoms with van der Waals surface area (Å²) >= 11 is 0. The average molecular weight is 477 g/mol. The molecule has 3 aromatic rings. The van der Waals surface area contributed by atoms with E-state index in [0.717, 1.165) is 61.2 Å². The molecule has 0 amide bonds. The van der Waals surface area contributed by atoms with Crippen LogP contribution in [0.4, 0.5) is 0 Å². The molecule has 0 aliphatic carbocycles. The third-order valence-corrected chi connectivity index (χ3v) is 5.73. The molecule has 3 aromatic carbocycles. The van der Waals surface area contributed by atoms with Gasteiger partial charge in [0.2, 0.25) is 0 Å². The third kappa shape index (κ3) is 7.78. The predicted octanol–water partition coefficient (Wildman–Crippen LogP) is 7.77. The minimum Gasteiger partial charge on any atom is -0.490 e. The highest BCUT2D eigenvalue weighted by molar-refractivity contribution is 5.98. The van der Waals surface area contributed by atoms with Crippen LogP contribution in [-0.4, -0.2) is 24.3 Å². The molecule has 3 rings (SSSR count). The summed E-state index contributed by atoms with van der Waals surface area (Å²) in [5.74, 6) is 1.02. The van der Waals surface area contributed by atoms with Gasteiger partial charge in [-0.2, -0.15) is 0 Å². The van der Waals surface area contributed by atoms with Gasteiger partial charge in [0.15, 0.2) is 11.5 Å². The molecule has 0 radical (unpaired) electrons. The minimum absolute atomic E-state index is 0.212. The highest BCUT2D eigenvalue weighted by atomic mass is 16.5. The lowest BCUT2D eigenvalue weighted by Crippen LogP contribution is -2.05. The van der Waals surface area contributed by atoms with Crippen LogP contribution in [0.1, 0.15) is 68.3 Å². The zero-order chi connectivity index (χ0) is 24.9. The van der Waals surface area contributed by atoms with Gasteiger partial charge >= 0.3 is 5.97 Å². The van der Waals surface area contributed by atoms with Crippen molar-refractivity contribution in [2.75, 3.05) is 13.2 Å². The SMILES string of the molecule is CCCCCOc1ccc(COc2cccc(C(=O)O)c2-c2ccccc2)cc1OCCCCC. The number of carboxylic acid groups (broad SMARTS) is 1. The number of aromatic carboxylic acids is 1. The van der Waals surface area contributed by atoms with Crippen molar-refractivity contribution in [1.29, 1.82) is 0 Å². The van der Waals surface area contributed by atoms with Crippen LogP contribution in [-0.2, 0) is 6.61 Å². The maximum absolute atomic E-state index is 11.9. The van der Waals surface area contributed by atoms with Gasteiger partial charge in [0.1, 0.15) is 12.4 Å². The molecule has 0 spiro atoms. The molecule has 5 heteroatoms. The standard InChI is InChI=1S/C30H36O5/c1-3-5-10-19-33-26-18-17-23(21-28(26)34-20-11-6-4-2)22-35-27-16-12-15-25(30(31)32)29(27)24-13-8-7-9-14-24/h7-9,12-18,21H,3-6,10-11,19-20,22H2,1-2H3,(H,31,32). The van der Waals surface area contributed by atoms with Crippen LogP contribution >= 0.6 is 0 Å². The summed E-state index contributed by atoms with van der Waals surface area (Å²) in [4.78, 5) is 11.9. The van der Waals surface area contributed by atoms with Gasteiger partial charge in [0, 0.05) is 5.56 Å². The summed E-state index contributed by atoms with van der Waals surface area (Å²) in [5, 5.41) is 9.74. The molecule has 0 heterocycles. The molecule has 186 valence electrons. The number of rotatable bonds is 15. The van der Waals surface area contributed by atoms with E-state index in [1.54, 1.807) is 12.1 Å². The van der Waals surface area contributed by atoms with Crippen molar-refractivity contribution >= 4 is 5.97 Å². The maximum Gasteiger partial charge on any atom is 0.336 e. The molecule has 0 aromatic heterocycles. The van der Waals surface area contributed by atoms with Crippen LogP contribution in [0.25, 0.3) is 11.1 Å². The summed E-state index contributed by atoms with van der Waals surface area (Å²) in [6.45, 7) is 5.93. The fourth-order valence-corrected chi connectivity index (χ4v) is 3.84. The molecule has 0 saturated carbocycles. The predicted molar refractivity (Wildman–Crippen MR) is 140 cm³/mol. The molecular formula is C30H36O5. The number of hydrogen-bond donors (Lipinski definition) is 1. The van der Waals surface area contributed by atoms with E-state index in [0.29, 0.717) is 24.5 Å². The van der Waals surface area contributed by atoms with Gasteiger partial charge in [-0.15, -0.1) is 0 Å². The van der Waals surface area contributed by atoms with E-state index in [1.807, 2.05) is 54.6 Å². The Morgan fingerprint density at radius 2 is 1.40 bits per heavy atom. The fraction of sp³-hybridized carbons (Fsp3) is 0.367. The minimum atomic E-state index is -0.985. The normalized spacial score (nSPS) is 10.7. The number of carbonyl (C=O) groups is 1. The summed E-state index contributed by atoms with van der Waals surface area (Å²) < 4.78 is 18.2. The first-order chi connectivity index (χ1) is 17.1. The Hall–Kier alpha value is -3.47. The van der Waals surface area contributed by atoms with E-state index in [1.165, 1.54) is 0 Å². The van der Waals surface area contributed by atoms with Gasteiger partial charge in [0.05, 0.1) is 18.8 Å². The Morgan fingerprint density at radius 1 is 0.714 bits per heavy atom. The Labute approximate surface area is 208 Å². The van der Waals surface area contributed by atoms with E-state index in [9.17, 15) is 9.90 Å². The van der Waals surface area contributed by atoms with Crippen LogP contribution in [0.3, 0.4) is 0 Å². The van der Waals surface area contributed by atoms with E-state index >= 15 is 0 Å². The summed E-state index contributed by atoms with van der Waals surface area (Å²) in [6.07, 6.45) is 6.55. The lowest BCUT2D eigenvalue weighted by atomic mass is 9.98. The average Bonchev–Trinajstić information content (AvgIpc) is 2.89. The number of ether oxygens (including phenoxy) is 3. The Kier molecular flexibility index (Phi) is 10.5. The molecule has 0 aliphatic rings. The highest BCUT2D eigenvalue weighted by Gasteiger charge is 2.17. The second-order valence-corrected chi connectivity index (χ2v) is 8.53. The zero-order valence-corrected chi connectivity index (χ0v) is 20.8. The van der Waals surface area contributed by atoms with Crippen molar-refractivity contribution in [1.82, 2.24) is 0 Å². The van der Waals surface area contributed by atoms with Crippen molar-refractivity contribution < 1.29 is 24.1 Å². The number of hydrogen-bond acceptors (Lipinski definition) is 4. The number of carboxylic acids is 1. The van der Waals surface area contributed by atoms with Crippen LogP contribution in [0, 0.1) is 0 Å². The van der Waals surface area contributed by atoms with Gasteiger partial charge in [-0.3, -0.25) is 0 Å². The highest BCUT2D eigenvalue weighted by Crippen LogP contribution is 2.35. The molecule has 1 N–H and O–H groups in total. The first-order valence-corrected chi connectivity index (χ1v) is 12.6. The van der Waals surface area contributed by atoms with Crippen molar-refractivity contribution in [3.8, 4) is 28.4 Å². The van der Waals surface area contributed by atoms with Crippen LogP contribution in [0.2, 0.25) is 0 Å². The fourth-order valence-electron chi connectivity index (χ4n) is 3.84. The van der Waals surface area contributed by atoms with Crippen molar-refractivity contribution in [2.24, 2.45) is 0 Å². The van der Waals surface area contributed by atoms with Crippen LogP contribution < -0.4 is 14.2 Å². The number of benzene rings is 3. The summed E-state index contributed by atoms with van der Waals surface area (Å²) in [7, 11) is 0. The first-order valence-electron chi connectivity index (χ1n) is 12.6. The molecule has 0 atom stereocenters. The molecule has 0 bridgehead atoms. The van der Waals surface area contributed by atoms with Gasteiger partial charge in [-0.1, -0.05) is 82.0 Å². The topological polar surface area (TPSA) is 65.0 Å². The van der Waals surface area contributed by atoms with Crippen molar-refractivity contribution in [3.05, 3.63) is 77.9 Å². The monoisotopic (exact) mass is 476 g/mol. The molecule has 0 unspecified atom stereocenters. The summed E-state index contributed by atoms with van der Waals surface area (Å²) in [6, 6.07) is 20.4. The molecule has 0 fully saturated rings. The Balaban J connectivity index is 1.79. The lowest BCUT2D eigenvalue weighted by molar-refractivity contribution is 0.0697. The van der Waals surface area contributed by atoms with Gasteiger partial charge in [-0.25, -0.2) is 4.79 Å². The molecule has 5 nitrogen and oxygen atoms in total. The van der Waals surface area contributed by atoms with Gasteiger partial charge < -0.3 is 19.3 Å². The maximum atomic E-state index is 11.9. The first kappa shape index (κ1) is 26.1. The Bertz CT molecular complexity index is 1060. The van der Waals surface area contributed by atoms with Gasteiger partial charge in [-0.05, 0) is 48.2 Å². The van der Waals surface area contributed by atoms with Crippen molar-refractivity contribution in [3.63, 3.8) is 0 Å². The molecule has 0 saturated heterocycles. The van der Waals surface area contributed by atoms with E-state index in [2.05, 4.69) is 13.8 Å². The van der Waals surface area contributed by atoms with Gasteiger partial charge in [0.25, 0.3) is 0 Å². The lowest BCUT2D eigenvalue weighted by Gasteiger charge is -2.16. The second-order valence-electron chi connectivity index (χ2n) is 8.53. The quantitative estimate of drug-likeness (QED) is 0.227. The zero-order valence-electron chi connectivity index (χ0n) is 20.8. The van der Waals surface area contributed by atoms with Crippen molar-refractivity contribution in [2.45, 2.75) is 59.0 Å².